The fourth-order valence-corrected chi connectivity index (χ4v) is 1.90. The monoisotopic (exact) mass is 274 g/mol. The summed E-state index contributed by atoms with van der Waals surface area (Å²) in [4.78, 5) is 11.0. The Morgan fingerprint density at radius 2 is 2.05 bits per heavy atom. The third-order valence-electron chi connectivity index (χ3n) is 2.92. The van der Waals surface area contributed by atoms with Crippen molar-refractivity contribution in [2.75, 3.05) is 17.6 Å². The third kappa shape index (κ3) is 3.47. The quantitative estimate of drug-likeness (QED) is 0.733. The lowest BCUT2D eigenvalue weighted by atomic mass is 10.1. The zero-order valence-electron chi connectivity index (χ0n) is 10.8. The summed E-state index contributed by atoms with van der Waals surface area (Å²) in [6.07, 6.45) is 0.643. The van der Waals surface area contributed by atoms with Crippen molar-refractivity contribution in [1.82, 2.24) is 0 Å². The van der Waals surface area contributed by atoms with Crippen LogP contribution < -0.4 is 11.1 Å². The number of benzene rings is 2. The number of nitrogens with one attached hydrogen (secondary N) is 1. The van der Waals surface area contributed by atoms with Crippen molar-refractivity contribution >= 4 is 17.3 Å². The topological polar surface area (TPSA) is 75.3 Å². The van der Waals surface area contributed by atoms with E-state index in [1.54, 1.807) is 18.2 Å². The molecule has 2 rings (SSSR count). The number of carboxylic acids is 1. The number of hydrogen-bond donors (Lipinski definition) is 3. The van der Waals surface area contributed by atoms with Gasteiger partial charge in [0, 0.05) is 17.9 Å². The van der Waals surface area contributed by atoms with Crippen molar-refractivity contribution in [1.29, 1.82) is 0 Å². The fourth-order valence-electron chi connectivity index (χ4n) is 1.90. The number of anilines is 2. The van der Waals surface area contributed by atoms with E-state index in [0.29, 0.717) is 18.7 Å². The molecule has 0 atom stereocenters. The third-order valence-corrected chi connectivity index (χ3v) is 2.92. The number of rotatable bonds is 5. The summed E-state index contributed by atoms with van der Waals surface area (Å²) in [5.41, 5.74) is 7.43. The predicted octanol–water partition coefficient (Wildman–Crippen LogP) is 2.76. The number of carboxylic acid groups (broad SMARTS) is 1. The van der Waals surface area contributed by atoms with Gasteiger partial charge >= 0.3 is 5.97 Å². The van der Waals surface area contributed by atoms with E-state index in [1.807, 2.05) is 6.07 Å². The van der Waals surface area contributed by atoms with Crippen molar-refractivity contribution in [2.45, 2.75) is 6.42 Å². The Balaban J connectivity index is 1.97. The molecule has 0 fully saturated rings. The van der Waals surface area contributed by atoms with Crippen LogP contribution in [0.3, 0.4) is 0 Å². The molecule has 0 bridgehead atoms. The average molecular weight is 274 g/mol. The Morgan fingerprint density at radius 1 is 1.25 bits per heavy atom. The lowest BCUT2D eigenvalue weighted by Crippen LogP contribution is -2.07. The smallest absolute Gasteiger partial charge is 0.337 e. The molecule has 0 aliphatic carbocycles. The van der Waals surface area contributed by atoms with E-state index < -0.39 is 5.97 Å². The van der Waals surface area contributed by atoms with E-state index in [2.05, 4.69) is 5.32 Å². The maximum Gasteiger partial charge on any atom is 0.337 e. The maximum absolute atomic E-state index is 13.0. The van der Waals surface area contributed by atoms with E-state index in [1.165, 1.54) is 18.2 Å². The lowest BCUT2D eigenvalue weighted by Gasteiger charge is -2.09. The Bertz CT molecular complexity index is 629. The van der Waals surface area contributed by atoms with Crippen LogP contribution >= 0.6 is 0 Å². The Labute approximate surface area is 116 Å². The maximum atomic E-state index is 13.0. The normalized spacial score (nSPS) is 10.2. The number of halogens is 1. The highest BCUT2D eigenvalue weighted by molar-refractivity contribution is 5.94. The molecule has 0 heterocycles. The zero-order chi connectivity index (χ0) is 14.5. The summed E-state index contributed by atoms with van der Waals surface area (Å²) in [6.45, 7) is 0.576. The molecule has 4 nitrogen and oxygen atoms in total. The summed E-state index contributed by atoms with van der Waals surface area (Å²) < 4.78 is 13.0. The molecule has 0 aliphatic rings. The van der Waals surface area contributed by atoms with Crippen molar-refractivity contribution in [3.63, 3.8) is 0 Å². The molecule has 20 heavy (non-hydrogen) atoms. The predicted molar refractivity (Wildman–Crippen MR) is 76.4 cm³/mol. The molecule has 0 spiro atoms. The summed E-state index contributed by atoms with van der Waals surface area (Å²) in [7, 11) is 0. The summed E-state index contributed by atoms with van der Waals surface area (Å²) in [5, 5.41) is 12.1. The molecule has 2 aromatic rings. The first-order valence-electron chi connectivity index (χ1n) is 6.17. The van der Waals surface area contributed by atoms with Crippen LogP contribution in [0.15, 0.2) is 42.5 Å². The number of aromatic carboxylic acids is 1. The summed E-state index contributed by atoms with van der Waals surface area (Å²) in [6, 6.07) is 11.1. The van der Waals surface area contributed by atoms with E-state index in [0.717, 1.165) is 5.56 Å². The fraction of sp³-hybridized carbons (Fsp3) is 0.133. The molecule has 5 heteroatoms. The van der Waals surface area contributed by atoms with Crippen molar-refractivity contribution in [3.8, 4) is 0 Å². The van der Waals surface area contributed by atoms with Gasteiger partial charge in [0.25, 0.3) is 0 Å². The second-order valence-electron chi connectivity index (χ2n) is 4.41. The van der Waals surface area contributed by atoms with Gasteiger partial charge in [0.2, 0.25) is 0 Å². The van der Waals surface area contributed by atoms with Crippen LogP contribution in [0.4, 0.5) is 15.8 Å². The lowest BCUT2D eigenvalue weighted by molar-refractivity contribution is 0.0698. The molecule has 0 saturated carbocycles. The standard InChI is InChI=1S/C15H15FN2O2/c16-11-3-1-2-10(8-11)6-7-18-12-4-5-14(17)13(9-12)15(19)20/h1-5,8-9,18H,6-7,17H2,(H,19,20). The first-order chi connectivity index (χ1) is 9.56. The van der Waals surface area contributed by atoms with E-state index >= 15 is 0 Å². The van der Waals surface area contributed by atoms with Crippen LogP contribution in [0, 0.1) is 5.82 Å². The van der Waals surface area contributed by atoms with Crippen molar-refractivity contribution < 1.29 is 14.3 Å². The molecule has 0 saturated heterocycles. The molecular weight excluding hydrogens is 259 g/mol. The van der Waals surface area contributed by atoms with E-state index in [9.17, 15) is 9.18 Å². The highest BCUT2D eigenvalue weighted by atomic mass is 19.1. The number of nitrogens with two attached hydrogens (primary N) is 1. The van der Waals surface area contributed by atoms with Crippen LogP contribution in [0.5, 0.6) is 0 Å². The number of hydrogen-bond acceptors (Lipinski definition) is 3. The van der Waals surface area contributed by atoms with Gasteiger partial charge in [-0.05, 0) is 42.3 Å². The zero-order valence-corrected chi connectivity index (χ0v) is 10.8. The number of carbonyl (C=O) groups is 1. The van der Waals surface area contributed by atoms with Gasteiger partial charge in [-0.3, -0.25) is 0 Å². The minimum absolute atomic E-state index is 0.0701. The minimum Gasteiger partial charge on any atom is -0.478 e. The van der Waals surface area contributed by atoms with Crippen LogP contribution in [0.2, 0.25) is 0 Å². The molecule has 0 unspecified atom stereocenters. The van der Waals surface area contributed by atoms with Crippen LogP contribution in [0.25, 0.3) is 0 Å². The van der Waals surface area contributed by atoms with Gasteiger partial charge in [-0.25, -0.2) is 9.18 Å². The second-order valence-corrected chi connectivity index (χ2v) is 4.41. The molecule has 0 aromatic heterocycles. The van der Waals surface area contributed by atoms with E-state index in [4.69, 9.17) is 10.8 Å². The molecule has 0 amide bonds. The Hall–Kier alpha value is -2.56. The van der Waals surface area contributed by atoms with Crippen LogP contribution in [-0.4, -0.2) is 17.6 Å². The minimum atomic E-state index is -1.06. The van der Waals surface area contributed by atoms with Crippen LogP contribution in [0.1, 0.15) is 15.9 Å². The molecule has 0 aliphatic heterocycles. The number of nitrogen functional groups attached to an aromatic ring is 1. The molecule has 104 valence electrons. The molecular formula is C15H15FN2O2. The van der Waals surface area contributed by atoms with Gasteiger partial charge in [0.15, 0.2) is 0 Å². The van der Waals surface area contributed by atoms with Gasteiger partial charge in [-0.1, -0.05) is 12.1 Å². The average Bonchev–Trinajstić information content (AvgIpc) is 2.40. The summed E-state index contributed by atoms with van der Waals surface area (Å²) in [5.74, 6) is -1.32. The molecule has 0 radical (unpaired) electrons. The van der Waals surface area contributed by atoms with Gasteiger partial charge in [-0.15, -0.1) is 0 Å². The van der Waals surface area contributed by atoms with Gasteiger partial charge in [0.05, 0.1) is 5.56 Å². The first kappa shape index (κ1) is 13.9. The second kappa shape index (κ2) is 6.06. The molecule has 2 aromatic carbocycles. The SMILES string of the molecule is Nc1ccc(NCCc2cccc(F)c2)cc1C(=O)O. The first-order valence-corrected chi connectivity index (χ1v) is 6.17. The van der Waals surface area contributed by atoms with Gasteiger partial charge in [-0.2, -0.15) is 0 Å². The highest BCUT2D eigenvalue weighted by Crippen LogP contribution is 2.18. The highest BCUT2D eigenvalue weighted by Gasteiger charge is 2.08. The van der Waals surface area contributed by atoms with E-state index in [-0.39, 0.29) is 17.1 Å². The Kier molecular flexibility index (Phi) is 4.20. The van der Waals surface area contributed by atoms with Crippen molar-refractivity contribution in [2.24, 2.45) is 0 Å². The van der Waals surface area contributed by atoms with Gasteiger partial charge in [0.1, 0.15) is 5.82 Å². The largest absolute Gasteiger partial charge is 0.478 e. The van der Waals surface area contributed by atoms with Crippen molar-refractivity contribution in [3.05, 3.63) is 59.4 Å². The Morgan fingerprint density at radius 3 is 2.75 bits per heavy atom. The summed E-state index contributed by atoms with van der Waals surface area (Å²) >= 11 is 0. The van der Waals surface area contributed by atoms with Crippen LogP contribution in [-0.2, 0) is 6.42 Å². The van der Waals surface area contributed by atoms with Gasteiger partial charge < -0.3 is 16.2 Å². The molecule has 4 N–H and O–H groups in total.